The Morgan fingerprint density at radius 3 is 2.41 bits per heavy atom. The van der Waals surface area contributed by atoms with Crippen LogP contribution >= 0.6 is 0 Å². The second-order valence-electron chi connectivity index (χ2n) is 5.68. The van der Waals surface area contributed by atoms with Gasteiger partial charge in [0, 0.05) is 32.7 Å². The summed E-state index contributed by atoms with van der Waals surface area (Å²) in [6, 6.07) is 7.85. The first kappa shape index (κ1) is 15.4. The molecule has 0 aliphatic carbocycles. The van der Waals surface area contributed by atoms with Gasteiger partial charge < -0.3 is 10.2 Å². The molecule has 2 aliphatic heterocycles. The van der Waals surface area contributed by atoms with Crippen LogP contribution in [0.15, 0.2) is 24.3 Å². The van der Waals surface area contributed by atoms with Crippen molar-refractivity contribution in [2.24, 2.45) is 5.14 Å². The summed E-state index contributed by atoms with van der Waals surface area (Å²) in [6.45, 7) is 1.97. The minimum absolute atomic E-state index is 0.0311. The largest absolute Gasteiger partial charge is 0.339 e. The number of carbonyl (C=O) groups excluding carboxylic acids is 1. The molecule has 120 valence electrons. The van der Waals surface area contributed by atoms with Crippen molar-refractivity contribution in [3.05, 3.63) is 35.4 Å². The highest BCUT2D eigenvalue weighted by Crippen LogP contribution is 2.18. The maximum atomic E-state index is 12.6. The molecule has 3 rings (SSSR count). The quantitative estimate of drug-likeness (QED) is 0.733. The van der Waals surface area contributed by atoms with Gasteiger partial charge in [-0.2, -0.15) is 12.7 Å². The molecule has 0 bridgehead atoms. The Labute approximate surface area is 130 Å². The summed E-state index contributed by atoms with van der Waals surface area (Å²) in [4.78, 5) is 14.3. The maximum Gasteiger partial charge on any atom is 0.277 e. The molecule has 22 heavy (non-hydrogen) atoms. The van der Waals surface area contributed by atoms with Crippen LogP contribution < -0.4 is 10.5 Å². The molecule has 1 fully saturated rings. The van der Waals surface area contributed by atoms with Gasteiger partial charge in [-0.25, -0.2) is 5.14 Å². The monoisotopic (exact) mass is 324 g/mol. The van der Waals surface area contributed by atoms with Crippen molar-refractivity contribution in [1.29, 1.82) is 0 Å². The molecule has 2 aliphatic rings. The normalized spacial score (nSPS) is 23.1. The number of benzene rings is 1. The fourth-order valence-electron chi connectivity index (χ4n) is 3.01. The fraction of sp³-hybridized carbons (Fsp3) is 0.500. The minimum Gasteiger partial charge on any atom is -0.339 e. The number of carbonyl (C=O) groups is 1. The van der Waals surface area contributed by atoms with E-state index in [1.54, 1.807) is 4.90 Å². The molecule has 1 atom stereocenters. The van der Waals surface area contributed by atoms with Crippen molar-refractivity contribution < 1.29 is 13.2 Å². The van der Waals surface area contributed by atoms with Crippen LogP contribution in [0.25, 0.3) is 0 Å². The number of amides is 1. The van der Waals surface area contributed by atoms with Gasteiger partial charge in [0.25, 0.3) is 10.2 Å². The lowest BCUT2D eigenvalue weighted by Crippen LogP contribution is -2.57. The lowest BCUT2D eigenvalue weighted by Gasteiger charge is -2.36. The number of fused-ring (bicyclic) bond motifs is 1. The summed E-state index contributed by atoms with van der Waals surface area (Å²) >= 11 is 0. The Balaban J connectivity index is 1.62. The second kappa shape index (κ2) is 5.96. The van der Waals surface area contributed by atoms with E-state index in [9.17, 15) is 13.2 Å². The first-order chi connectivity index (χ1) is 10.4. The van der Waals surface area contributed by atoms with E-state index in [-0.39, 0.29) is 25.0 Å². The summed E-state index contributed by atoms with van der Waals surface area (Å²) in [5.41, 5.74) is 2.42. The third-order valence-corrected chi connectivity index (χ3v) is 5.37. The van der Waals surface area contributed by atoms with Crippen molar-refractivity contribution in [1.82, 2.24) is 14.5 Å². The Morgan fingerprint density at radius 1 is 1.14 bits per heavy atom. The summed E-state index contributed by atoms with van der Waals surface area (Å²) in [7, 11) is -3.66. The Hall–Kier alpha value is -1.48. The third-order valence-electron chi connectivity index (χ3n) is 4.29. The molecule has 1 aromatic carbocycles. The molecular weight excluding hydrogens is 304 g/mol. The molecular formula is C14H20N4O3S. The summed E-state index contributed by atoms with van der Waals surface area (Å²) < 4.78 is 23.8. The van der Waals surface area contributed by atoms with Crippen LogP contribution in [0.4, 0.5) is 0 Å². The van der Waals surface area contributed by atoms with Gasteiger partial charge in [0.2, 0.25) is 5.91 Å². The van der Waals surface area contributed by atoms with E-state index < -0.39 is 10.2 Å². The lowest BCUT2D eigenvalue weighted by atomic mass is 9.95. The fourth-order valence-corrected chi connectivity index (χ4v) is 3.68. The average molecular weight is 324 g/mol. The van der Waals surface area contributed by atoms with Crippen molar-refractivity contribution in [3.8, 4) is 0 Å². The predicted octanol–water partition coefficient (Wildman–Crippen LogP) is -0.951. The SMILES string of the molecule is NS(=O)(=O)N1CCN(C(=O)C2Cc3ccccc3CN2)CC1. The molecule has 3 N–H and O–H groups in total. The number of nitrogens with two attached hydrogens (primary N) is 1. The van der Waals surface area contributed by atoms with Crippen LogP contribution in [-0.2, 0) is 28.0 Å². The van der Waals surface area contributed by atoms with E-state index in [0.29, 0.717) is 26.1 Å². The topological polar surface area (TPSA) is 95.7 Å². The number of nitrogens with one attached hydrogen (secondary N) is 1. The Kier molecular flexibility index (Phi) is 4.18. The van der Waals surface area contributed by atoms with Crippen molar-refractivity contribution in [2.45, 2.75) is 19.0 Å². The number of nitrogens with zero attached hydrogens (tertiary/aromatic N) is 2. The van der Waals surface area contributed by atoms with Gasteiger partial charge in [-0.1, -0.05) is 24.3 Å². The summed E-state index contributed by atoms with van der Waals surface area (Å²) in [5, 5.41) is 8.38. The summed E-state index contributed by atoms with van der Waals surface area (Å²) in [6.07, 6.45) is 0.671. The van der Waals surface area contributed by atoms with Gasteiger partial charge in [0.1, 0.15) is 0 Å². The van der Waals surface area contributed by atoms with E-state index in [4.69, 9.17) is 5.14 Å². The molecule has 0 radical (unpaired) electrons. The third kappa shape index (κ3) is 3.14. The number of hydrogen-bond donors (Lipinski definition) is 2. The Morgan fingerprint density at radius 2 is 1.77 bits per heavy atom. The molecule has 1 saturated heterocycles. The van der Waals surface area contributed by atoms with E-state index >= 15 is 0 Å². The molecule has 1 unspecified atom stereocenters. The van der Waals surface area contributed by atoms with E-state index in [2.05, 4.69) is 17.4 Å². The molecule has 0 saturated carbocycles. The highest BCUT2D eigenvalue weighted by atomic mass is 32.2. The van der Waals surface area contributed by atoms with E-state index in [1.165, 1.54) is 15.4 Å². The van der Waals surface area contributed by atoms with E-state index in [1.807, 2.05) is 12.1 Å². The number of rotatable bonds is 2. The molecule has 0 spiro atoms. The van der Waals surface area contributed by atoms with Crippen molar-refractivity contribution in [3.63, 3.8) is 0 Å². The van der Waals surface area contributed by atoms with Gasteiger partial charge in [-0.05, 0) is 17.5 Å². The zero-order valence-electron chi connectivity index (χ0n) is 12.2. The van der Waals surface area contributed by atoms with Gasteiger partial charge in [0.05, 0.1) is 6.04 Å². The van der Waals surface area contributed by atoms with Gasteiger partial charge in [-0.15, -0.1) is 0 Å². The maximum absolute atomic E-state index is 12.6. The van der Waals surface area contributed by atoms with Gasteiger partial charge >= 0.3 is 0 Å². The molecule has 0 aromatic heterocycles. The predicted molar refractivity (Wildman–Crippen MR) is 82.0 cm³/mol. The first-order valence-electron chi connectivity index (χ1n) is 7.32. The summed E-state index contributed by atoms with van der Waals surface area (Å²) in [5.74, 6) is 0.0311. The van der Waals surface area contributed by atoms with E-state index in [0.717, 1.165) is 0 Å². The van der Waals surface area contributed by atoms with Crippen LogP contribution in [0.3, 0.4) is 0 Å². The Bertz CT molecular complexity index is 668. The van der Waals surface area contributed by atoms with Crippen LogP contribution in [0.5, 0.6) is 0 Å². The zero-order valence-corrected chi connectivity index (χ0v) is 13.1. The molecule has 7 nitrogen and oxygen atoms in total. The molecule has 1 amide bonds. The second-order valence-corrected chi connectivity index (χ2v) is 7.22. The number of piperazine rings is 1. The van der Waals surface area contributed by atoms with Gasteiger partial charge in [-0.3, -0.25) is 4.79 Å². The van der Waals surface area contributed by atoms with Crippen LogP contribution in [0.2, 0.25) is 0 Å². The minimum atomic E-state index is -3.66. The first-order valence-corrected chi connectivity index (χ1v) is 8.82. The highest BCUT2D eigenvalue weighted by molar-refractivity contribution is 7.86. The molecule has 8 heteroatoms. The van der Waals surface area contributed by atoms with Crippen LogP contribution in [0.1, 0.15) is 11.1 Å². The van der Waals surface area contributed by atoms with Gasteiger partial charge in [0.15, 0.2) is 0 Å². The van der Waals surface area contributed by atoms with Crippen LogP contribution in [-0.4, -0.2) is 55.8 Å². The standard InChI is InChI=1S/C14H20N4O3S/c15-22(20,21)18-7-5-17(6-8-18)14(19)13-9-11-3-1-2-4-12(11)10-16-13/h1-4,13,16H,5-10H2,(H2,15,20,21). The smallest absolute Gasteiger partial charge is 0.277 e. The average Bonchev–Trinajstić information content (AvgIpc) is 2.53. The molecule has 2 heterocycles. The van der Waals surface area contributed by atoms with Crippen molar-refractivity contribution in [2.75, 3.05) is 26.2 Å². The number of hydrogen-bond acceptors (Lipinski definition) is 4. The van der Waals surface area contributed by atoms with Crippen LogP contribution in [0, 0.1) is 0 Å². The lowest BCUT2D eigenvalue weighted by molar-refractivity contribution is -0.134. The molecule has 1 aromatic rings. The highest BCUT2D eigenvalue weighted by Gasteiger charge is 2.31. The zero-order chi connectivity index (χ0) is 15.7. The van der Waals surface area contributed by atoms with Crippen molar-refractivity contribution >= 4 is 16.1 Å².